The normalized spacial score (nSPS) is 10.6. The maximum atomic E-state index is 11.4. The van der Waals surface area contributed by atoms with Gasteiger partial charge in [-0.1, -0.05) is 47.8 Å². The van der Waals surface area contributed by atoms with Gasteiger partial charge in [0.15, 0.2) is 0 Å². The van der Waals surface area contributed by atoms with Crippen LogP contribution in [0.15, 0.2) is 40.9 Å². The van der Waals surface area contributed by atoms with Crippen LogP contribution < -0.4 is 0 Å². The van der Waals surface area contributed by atoms with Crippen molar-refractivity contribution in [1.82, 2.24) is 0 Å². The number of ether oxygens (including phenoxy) is 2. The van der Waals surface area contributed by atoms with Gasteiger partial charge in [0.25, 0.3) is 0 Å². The molecule has 0 atom stereocenters. The molecular weight excluding hydrogens is 336 g/mol. The van der Waals surface area contributed by atoms with Gasteiger partial charge in [0.05, 0.1) is 6.61 Å². The minimum absolute atomic E-state index is 0.169. The van der Waals surface area contributed by atoms with Crippen molar-refractivity contribution in [3.8, 4) is 0 Å². The van der Waals surface area contributed by atoms with Crippen molar-refractivity contribution in [1.29, 1.82) is 0 Å². The Bertz CT molecular complexity index is 480. The maximum Gasteiger partial charge on any atom is 0.331 e. The fourth-order valence-electron chi connectivity index (χ4n) is 1.49. The summed E-state index contributed by atoms with van der Waals surface area (Å²) in [5, 5.41) is 0. The standard InChI is InChI=1S/C16H19BrO4/c1-2-3-4-11-20-15(18)9-10-16(19)21-12-13-5-7-14(17)8-6-13/h5-10H,2-4,11-12H2,1H3/b10-9+. The van der Waals surface area contributed by atoms with Gasteiger partial charge in [-0.05, 0) is 24.1 Å². The van der Waals surface area contributed by atoms with Crippen LogP contribution in [-0.2, 0) is 25.7 Å². The zero-order chi connectivity index (χ0) is 15.5. The van der Waals surface area contributed by atoms with Gasteiger partial charge in [-0.25, -0.2) is 9.59 Å². The molecule has 0 amide bonds. The lowest BCUT2D eigenvalue weighted by Crippen LogP contribution is -2.05. The zero-order valence-corrected chi connectivity index (χ0v) is 13.6. The molecule has 0 saturated heterocycles. The molecule has 1 aromatic rings. The molecule has 0 radical (unpaired) electrons. The lowest BCUT2D eigenvalue weighted by molar-refractivity contribution is -0.141. The Morgan fingerprint density at radius 3 is 2.29 bits per heavy atom. The van der Waals surface area contributed by atoms with Crippen molar-refractivity contribution in [2.45, 2.75) is 32.8 Å². The number of carbonyl (C=O) groups excluding carboxylic acids is 2. The third-order valence-corrected chi connectivity index (χ3v) is 3.17. The Hall–Kier alpha value is -1.62. The third kappa shape index (κ3) is 8.30. The second kappa shape index (κ2) is 10.2. The van der Waals surface area contributed by atoms with Crippen LogP contribution in [0.5, 0.6) is 0 Å². The summed E-state index contributed by atoms with van der Waals surface area (Å²) in [4.78, 5) is 22.7. The number of benzene rings is 1. The first-order valence-electron chi connectivity index (χ1n) is 6.88. The zero-order valence-electron chi connectivity index (χ0n) is 12.0. The lowest BCUT2D eigenvalue weighted by atomic mass is 10.2. The van der Waals surface area contributed by atoms with Gasteiger partial charge < -0.3 is 9.47 Å². The number of carbonyl (C=O) groups is 2. The summed E-state index contributed by atoms with van der Waals surface area (Å²) >= 11 is 3.33. The van der Waals surface area contributed by atoms with Crippen LogP contribution in [0.1, 0.15) is 31.7 Å². The molecule has 0 aliphatic rings. The highest BCUT2D eigenvalue weighted by atomic mass is 79.9. The highest BCUT2D eigenvalue weighted by Gasteiger charge is 2.02. The monoisotopic (exact) mass is 354 g/mol. The van der Waals surface area contributed by atoms with Gasteiger partial charge in [-0.3, -0.25) is 0 Å². The third-order valence-electron chi connectivity index (χ3n) is 2.64. The average molecular weight is 355 g/mol. The van der Waals surface area contributed by atoms with E-state index in [0.717, 1.165) is 41.5 Å². The number of hydrogen-bond donors (Lipinski definition) is 0. The summed E-state index contributed by atoms with van der Waals surface area (Å²) in [6.07, 6.45) is 5.10. The first kappa shape index (κ1) is 17.4. The lowest BCUT2D eigenvalue weighted by Gasteiger charge is -2.02. The van der Waals surface area contributed by atoms with E-state index in [1.165, 1.54) is 0 Å². The van der Waals surface area contributed by atoms with Crippen molar-refractivity contribution in [3.63, 3.8) is 0 Å². The van der Waals surface area contributed by atoms with Crippen LogP contribution in [0.3, 0.4) is 0 Å². The van der Waals surface area contributed by atoms with Gasteiger partial charge in [0, 0.05) is 16.6 Å². The largest absolute Gasteiger partial charge is 0.463 e. The summed E-state index contributed by atoms with van der Waals surface area (Å²) < 4.78 is 10.9. The fourth-order valence-corrected chi connectivity index (χ4v) is 1.76. The van der Waals surface area contributed by atoms with Crippen LogP contribution >= 0.6 is 15.9 Å². The van der Waals surface area contributed by atoms with Gasteiger partial charge in [-0.2, -0.15) is 0 Å². The summed E-state index contributed by atoms with van der Waals surface area (Å²) in [7, 11) is 0. The summed E-state index contributed by atoms with van der Waals surface area (Å²) in [5.74, 6) is -1.09. The van der Waals surface area contributed by atoms with Gasteiger partial charge >= 0.3 is 11.9 Å². The molecule has 4 nitrogen and oxygen atoms in total. The Morgan fingerprint density at radius 2 is 1.67 bits per heavy atom. The number of hydrogen-bond acceptors (Lipinski definition) is 4. The van der Waals surface area contributed by atoms with Crippen LogP contribution in [0.25, 0.3) is 0 Å². The van der Waals surface area contributed by atoms with Crippen molar-refractivity contribution in [2.24, 2.45) is 0 Å². The highest BCUT2D eigenvalue weighted by Crippen LogP contribution is 2.11. The number of rotatable bonds is 8. The predicted molar refractivity (Wildman–Crippen MR) is 83.6 cm³/mol. The molecule has 0 fully saturated rings. The van der Waals surface area contributed by atoms with Crippen LogP contribution in [0, 0.1) is 0 Å². The summed E-state index contributed by atoms with van der Waals surface area (Å²) in [5.41, 5.74) is 0.877. The summed E-state index contributed by atoms with van der Waals surface area (Å²) in [6.45, 7) is 2.62. The van der Waals surface area contributed by atoms with E-state index >= 15 is 0 Å². The van der Waals surface area contributed by atoms with Crippen molar-refractivity contribution in [3.05, 3.63) is 46.5 Å². The fraction of sp³-hybridized carbons (Fsp3) is 0.375. The SMILES string of the molecule is CCCCCOC(=O)/C=C/C(=O)OCc1ccc(Br)cc1. The smallest absolute Gasteiger partial charge is 0.331 e. The molecule has 0 unspecified atom stereocenters. The second-order valence-electron chi connectivity index (χ2n) is 4.44. The molecule has 0 aliphatic carbocycles. The average Bonchev–Trinajstić information content (AvgIpc) is 2.49. The number of unbranched alkanes of at least 4 members (excludes halogenated alkanes) is 2. The van der Waals surface area contributed by atoms with Gasteiger partial charge in [-0.15, -0.1) is 0 Å². The molecular formula is C16H19BrO4. The predicted octanol–water partition coefficient (Wildman–Crippen LogP) is 3.78. The molecule has 1 rings (SSSR count). The Kier molecular flexibility index (Phi) is 8.43. The van der Waals surface area contributed by atoms with E-state index in [1.54, 1.807) is 0 Å². The first-order chi connectivity index (χ1) is 10.1. The maximum absolute atomic E-state index is 11.4. The molecule has 0 aromatic heterocycles. The molecule has 0 spiro atoms. The van der Waals surface area contributed by atoms with E-state index in [0.29, 0.717) is 6.61 Å². The van der Waals surface area contributed by atoms with Crippen LogP contribution in [0.2, 0.25) is 0 Å². The molecule has 1 aromatic carbocycles. The van der Waals surface area contributed by atoms with E-state index in [9.17, 15) is 9.59 Å². The Morgan fingerprint density at radius 1 is 1.05 bits per heavy atom. The molecule has 0 saturated carbocycles. The Balaban J connectivity index is 2.24. The molecule has 0 N–H and O–H groups in total. The molecule has 0 aliphatic heterocycles. The number of esters is 2. The van der Waals surface area contributed by atoms with E-state index in [4.69, 9.17) is 9.47 Å². The quantitative estimate of drug-likeness (QED) is 0.405. The first-order valence-corrected chi connectivity index (χ1v) is 7.67. The van der Waals surface area contributed by atoms with Crippen molar-refractivity contribution in [2.75, 3.05) is 6.61 Å². The van der Waals surface area contributed by atoms with Crippen molar-refractivity contribution >= 4 is 27.9 Å². The molecule has 21 heavy (non-hydrogen) atoms. The molecule has 5 heteroatoms. The molecule has 0 bridgehead atoms. The Labute approximate surface area is 133 Å². The van der Waals surface area contributed by atoms with E-state index in [-0.39, 0.29) is 6.61 Å². The van der Waals surface area contributed by atoms with Crippen LogP contribution in [-0.4, -0.2) is 18.5 Å². The van der Waals surface area contributed by atoms with Gasteiger partial charge in [0.2, 0.25) is 0 Å². The number of halogens is 1. The molecule has 0 heterocycles. The van der Waals surface area contributed by atoms with Crippen LogP contribution in [0.4, 0.5) is 0 Å². The second-order valence-corrected chi connectivity index (χ2v) is 5.36. The summed E-state index contributed by atoms with van der Waals surface area (Å²) in [6, 6.07) is 7.44. The molecule has 114 valence electrons. The topological polar surface area (TPSA) is 52.6 Å². The highest BCUT2D eigenvalue weighted by molar-refractivity contribution is 9.10. The van der Waals surface area contributed by atoms with Gasteiger partial charge in [0.1, 0.15) is 6.61 Å². The van der Waals surface area contributed by atoms with E-state index in [1.807, 2.05) is 24.3 Å². The van der Waals surface area contributed by atoms with Crippen molar-refractivity contribution < 1.29 is 19.1 Å². The van der Waals surface area contributed by atoms with E-state index in [2.05, 4.69) is 22.9 Å². The minimum Gasteiger partial charge on any atom is -0.463 e. The van der Waals surface area contributed by atoms with E-state index < -0.39 is 11.9 Å². The minimum atomic E-state index is -0.566.